The first-order valence-corrected chi connectivity index (χ1v) is 5.87. The molecule has 0 saturated heterocycles. The van der Waals surface area contributed by atoms with E-state index in [9.17, 15) is 4.79 Å². The molecule has 0 aliphatic heterocycles. The molecule has 0 aliphatic carbocycles. The Labute approximate surface area is 90.6 Å². The van der Waals surface area contributed by atoms with Crippen molar-refractivity contribution >= 4 is 29.2 Å². The molecule has 1 unspecified atom stereocenters. The molecule has 0 fully saturated rings. The molecule has 1 aromatic heterocycles. The van der Waals surface area contributed by atoms with Crippen LogP contribution in [0.1, 0.15) is 19.8 Å². The number of rotatable bonds is 5. The highest BCUT2D eigenvalue weighted by Crippen LogP contribution is 2.26. The van der Waals surface area contributed by atoms with E-state index in [1.54, 1.807) is 0 Å². The Balaban J connectivity index is 2.55. The number of aromatic nitrogens is 2. The fourth-order valence-electron chi connectivity index (χ4n) is 0.935. The standard InChI is InChI=1S/C7H12N4OS2/c1-2-3-5(6(12)11-8)13-7-9-4-10-14-7/h4-5H,2-3,8H2,1H3,(H,11,12). The van der Waals surface area contributed by atoms with Crippen LogP contribution >= 0.6 is 23.3 Å². The minimum absolute atomic E-state index is 0.160. The number of amides is 1. The van der Waals surface area contributed by atoms with Crippen LogP contribution in [0.4, 0.5) is 0 Å². The number of hydrazine groups is 1. The fourth-order valence-corrected chi connectivity index (χ4v) is 2.74. The highest BCUT2D eigenvalue weighted by Gasteiger charge is 2.19. The summed E-state index contributed by atoms with van der Waals surface area (Å²) in [5, 5.41) is -0.169. The number of hydrogen-bond acceptors (Lipinski definition) is 6. The van der Waals surface area contributed by atoms with Gasteiger partial charge in [0.25, 0.3) is 0 Å². The van der Waals surface area contributed by atoms with E-state index >= 15 is 0 Å². The lowest BCUT2D eigenvalue weighted by Gasteiger charge is -2.11. The number of nitrogens with two attached hydrogens (primary N) is 1. The van der Waals surface area contributed by atoms with Gasteiger partial charge in [-0.1, -0.05) is 25.1 Å². The Hall–Kier alpha value is -0.660. The molecule has 0 saturated carbocycles. The van der Waals surface area contributed by atoms with E-state index < -0.39 is 0 Å². The Kier molecular flexibility index (Phi) is 4.85. The molecule has 3 N–H and O–H groups in total. The summed E-state index contributed by atoms with van der Waals surface area (Å²) in [6, 6.07) is 0. The number of thioether (sulfide) groups is 1. The molecule has 1 amide bonds. The predicted molar refractivity (Wildman–Crippen MR) is 56.8 cm³/mol. The molecule has 14 heavy (non-hydrogen) atoms. The SMILES string of the molecule is CCCC(Sc1ncns1)C(=O)NN. The second-order valence-corrected chi connectivity index (χ2v) is 4.84. The number of nitrogens with zero attached hydrogens (tertiary/aromatic N) is 2. The number of hydrogen-bond donors (Lipinski definition) is 2. The minimum atomic E-state index is -0.169. The second kappa shape index (κ2) is 5.94. The summed E-state index contributed by atoms with van der Waals surface area (Å²) in [5.74, 6) is 4.93. The van der Waals surface area contributed by atoms with Crippen LogP contribution in [0.3, 0.4) is 0 Å². The van der Waals surface area contributed by atoms with Crippen molar-refractivity contribution in [3.8, 4) is 0 Å². The lowest BCUT2D eigenvalue weighted by molar-refractivity contribution is -0.120. The molecule has 1 aromatic rings. The molecular weight excluding hydrogens is 220 g/mol. The van der Waals surface area contributed by atoms with Crippen molar-refractivity contribution in [2.45, 2.75) is 29.4 Å². The van der Waals surface area contributed by atoms with E-state index in [0.717, 1.165) is 17.2 Å². The van der Waals surface area contributed by atoms with Crippen LogP contribution < -0.4 is 11.3 Å². The lowest BCUT2D eigenvalue weighted by atomic mass is 10.2. The van der Waals surface area contributed by atoms with Gasteiger partial charge in [-0.2, -0.15) is 4.37 Å². The average molecular weight is 232 g/mol. The summed E-state index contributed by atoms with van der Waals surface area (Å²) in [4.78, 5) is 15.3. The smallest absolute Gasteiger partial charge is 0.247 e. The largest absolute Gasteiger partial charge is 0.293 e. The molecule has 1 heterocycles. The van der Waals surface area contributed by atoms with E-state index in [2.05, 4.69) is 14.8 Å². The molecule has 78 valence electrons. The Bertz CT molecular complexity index is 277. The van der Waals surface area contributed by atoms with Gasteiger partial charge in [0.15, 0.2) is 4.34 Å². The summed E-state index contributed by atoms with van der Waals surface area (Å²) in [6.07, 6.45) is 3.20. The number of carbonyl (C=O) groups excluding carboxylic acids is 1. The van der Waals surface area contributed by atoms with E-state index in [1.165, 1.54) is 29.6 Å². The van der Waals surface area contributed by atoms with Crippen LogP contribution in [0.15, 0.2) is 10.7 Å². The van der Waals surface area contributed by atoms with Crippen LogP contribution in [-0.2, 0) is 4.79 Å². The molecule has 0 spiro atoms. The van der Waals surface area contributed by atoms with E-state index in [-0.39, 0.29) is 11.2 Å². The third-order valence-electron chi connectivity index (χ3n) is 1.57. The van der Waals surface area contributed by atoms with Crippen molar-refractivity contribution in [1.82, 2.24) is 14.8 Å². The van der Waals surface area contributed by atoms with Gasteiger partial charge in [-0.05, 0) is 18.0 Å². The third-order valence-corrected chi connectivity index (χ3v) is 3.58. The maximum absolute atomic E-state index is 11.3. The van der Waals surface area contributed by atoms with Crippen molar-refractivity contribution in [3.63, 3.8) is 0 Å². The van der Waals surface area contributed by atoms with Gasteiger partial charge >= 0.3 is 0 Å². The molecule has 1 atom stereocenters. The minimum Gasteiger partial charge on any atom is -0.293 e. The molecule has 0 aliphatic rings. The van der Waals surface area contributed by atoms with Gasteiger partial charge in [-0.15, -0.1) is 0 Å². The summed E-state index contributed by atoms with van der Waals surface area (Å²) in [5.41, 5.74) is 2.16. The summed E-state index contributed by atoms with van der Waals surface area (Å²) >= 11 is 2.69. The molecule has 5 nitrogen and oxygen atoms in total. The van der Waals surface area contributed by atoms with E-state index in [1.807, 2.05) is 6.92 Å². The van der Waals surface area contributed by atoms with Crippen molar-refractivity contribution in [2.75, 3.05) is 0 Å². The van der Waals surface area contributed by atoms with Crippen LogP contribution in [0.2, 0.25) is 0 Å². The molecule has 7 heteroatoms. The van der Waals surface area contributed by atoms with E-state index in [0.29, 0.717) is 0 Å². The number of carbonyl (C=O) groups is 1. The van der Waals surface area contributed by atoms with Crippen LogP contribution in [0.25, 0.3) is 0 Å². The fraction of sp³-hybridized carbons (Fsp3) is 0.571. The predicted octanol–water partition coefficient (Wildman–Crippen LogP) is 0.789. The quantitative estimate of drug-likeness (QED) is 0.339. The third kappa shape index (κ3) is 3.24. The highest BCUT2D eigenvalue weighted by atomic mass is 32.2. The molecule has 0 aromatic carbocycles. The maximum atomic E-state index is 11.3. The second-order valence-electron chi connectivity index (χ2n) is 2.61. The first-order chi connectivity index (χ1) is 6.77. The van der Waals surface area contributed by atoms with Crippen LogP contribution in [0.5, 0.6) is 0 Å². The van der Waals surface area contributed by atoms with Gasteiger partial charge in [0.05, 0.1) is 5.25 Å². The highest BCUT2D eigenvalue weighted by molar-refractivity contribution is 8.02. The Morgan fingerprint density at radius 1 is 1.86 bits per heavy atom. The first kappa shape index (κ1) is 11.4. The van der Waals surface area contributed by atoms with Crippen molar-refractivity contribution < 1.29 is 4.79 Å². The van der Waals surface area contributed by atoms with Gasteiger partial charge in [-0.25, -0.2) is 10.8 Å². The monoisotopic (exact) mass is 232 g/mol. The Morgan fingerprint density at radius 2 is 2.64 bits per heavy atom. The summed E-state index contributed by atoms with van der Waals surface area (Å²) in [6.45, 7) is 2.03. The zero-order valence-corrected chi connectivity index (χ0v) is 9.40. The lowest BCUT2D eigenvalue weighted by Crippen LogP contribution is -2.37. The van der Waals surface area contributed by atoms with Crippen LogP contribution in [0, 0.1) is 0 Å². The van der Waals surface area contributed by atoms with Gasteiger partial charge in [0.2, 0.25) is 5.91 Å². The molecule has 0 bridgehead atoms. The Morgan fingerprint density at radius 3 is 3.14 bits per heavy atom. The summed E-state index contributed by atoms with van der Waals surface area (Å²) in [7, 11) is 0. The normalized spacial score (nSPS) is 12.4. The van der Waals surface area contributed by atoms with E-state index in [4.69, 9.17) is 5.84 Å². The molecule has 0 radical (unpaired) electrons. The number of nitrogens with one attached hydrogen (secondary N) is 1. The topological polar surface area (TPSA) is 80.9 Å². The molecular formula is C7H12N4OS2. The zero-order chi connectivity index (χ0) is 10.4. The summed E-state index contributed by atoms with van der Waals surface area (Å²) < 4.78 is 4.67. The van der Waals surface area contributed by atoms with Gasteiger partial charge < -0.3 is 0 Å². The molecule has 1 rings (SSSR count). The van der Waals surface area contributed by atoms with Crippen LogP contribution in [-0.4, -0.2) is 20.5 Å². The first-order valence-electron chi connectivity index (χ1n) is 4.21. The zero-order valence-electron chi connectivity index (χ0n) is 7.77. The van der Waals surface area contributed by atoms with Crippen molar-refractivity contribution in [2.24, 2.45) is 5.84 Å². The van der Waals surface area contributed by atoms with Gasteiger partial charge in [-0.3, -0.25) is 10.2 Å². The van der Waals surface area contributed by atoms with Crippen molar-refractivity contribution in [1.29, 1.82) is 0 Å². The van der Waals surface area contributed by atoms with Gasteiger partial charge in [0, 0.05) is 0 Å². The van der Waals surface area contributed by atoms with Gasteiger partial charge in [0.1, 0.15) is 6.33 Å². The maximum Gasteiger partial charge on any atom is 0.247 e. The van der Waals surface area contributed by atoms with Crippen molar-refractivity contribution in [3.05, 3.63) is 6.33 Å². The average Bonchev–Trinajstić information content (AvgIpc) is 2.68.